The third-order valence-corrected chi connectivity index (χ3v) is 7.23. The molecule has 0 radical (unpaired) electrons. The van der Waals surface area contributed by atoms with Gasteiger partial charge < -0.3 is 5.32 Å². The molecule has 0 aliphatic carbocycles. The molecule has 0 aromatic heterocycles. The average molecular weight is 405 g/mol. The maximum Gasteiger partial charge on any atom is 0.250 e. The van der Waals surface area contributed by atoms with Crippen LogP contribution in [0.4, 0.5) is 15.8 Å². The van der Waals surface area contributed by atoms with E-state index in [-0.39, 0.29) is 23.8 Å². The summed E-state index contributed by atoms with van der Waals surface area (Å²) in [6, 6.07) is 11.0. The second-order valence-electron chi connectivity index (χ2n) is 8.66. The quantitative estimate of drug-likeness (QED) is 0.741. The largest absolute Gasteiger partial charge is 0.324 e. The minimum Gasteiger partial charge on any atom is -0.324 e. The number of fused-ring (bicyclic) bond motifs is 7. The minimum absolute atomic E-state index is 0.158. The number of rotatable bonds is 1. The molecule has 7 heteroatoms. The van der Waals surface area contributed by atoms with Crippen LogP contribution in [0.1, 0.15) is 24.0 Å². The van der Waals surface area contributed by atoms with Crippen LogP contribution in [0, 0.1) is 24.6 Å². The normalized spacial score (nSPS) is 32.0. The van der Waals surface area contributed by atoms with Gasteiger partial charge in [-0.15, -0.1) is 0 Å². The number of carbonyl (C=O) groups excluding carboxylic acids is 3. The summed E-state index contributed by atoms with van der Waals surface area (Å²) in [6.45, 7) is 2.63. The van der Waals surface area contributed by atoms with E-state index in [4.69, 9.17) is 0 Å². The van der Waals surface area contributed by atoms with Gasteiger partial charge in [0.25, 0.3) is 0 Å². The zero-order valence-corrected chi connectivity index (χ0v) is 16.4. The predicted molar refractivity (Wildman–Crippen MR) is 107 cm³/mol. The highest BCUT2D eigenvalue weighted by Gasteiger charge is 2.74. The third kappa shape index (κ3) is 1.94. The van der Waals surface area contributed by atoms with Gasteiger partial charge in [-0.25, -0.2) is 9.29 Å². The van der Waals surface area contributed by atoms with Crippen LogP contribution in [0.5, 0.6) is 0 Å². The lowest BCUT2D eigenvalue weighted by Crippen LogP contribution is -2.54. The Morgan fingerprint density at radius 3 is 2.60 bits per heavy atom. The Hall–Kier alpha value is -3.06. The van der Waals surface area contributed by atoms with Crippen molar-refractivity contribution < 1.29 is 18.8 Å². The number of nitrogens with zero attached hydrogens (tertiary/aromatic N) is 2. The summed E-state index contributed by atoms with van der Waals surface area (Å²) in [5.41, 5.74) is 1.67. The molecule has 30 heavy (non-hydrogen) atoms. The lowest BCUT2D eigenvalue weighted by molar-refractivity contribution is -0.135. The van der Waals surface area contributed by atoms with Gasteiger partial charge >= 0.3 is 0 Å². The van der Waals surface area contributed by atoms with Crippen LogP contribution in [0.3, 0.4) is 0 Å². The molecule has 0 bridgehead atoms. The zero-order chi connectivity index (χ0) is 20.8. The first-order valence-electron chi connectivity index (χ1n) is 10.3. The number of imide groups is 1. The van der Waals surface area contributed by atoms with E-state index in [1.807, 2.05) is 25.1 Å². The van der Waals surface area contributed by atoms with Crippen LogP contribution in [0.25, 0.3) is 0 Å². The fourth-order valence-corrected chi connectivity index (χ4v) is 6.16. The third-order valence-electron chi connectivity index (χ3n) is 7.23. The predicted octanol–water partition coefficient (Wildman–Crippen LogP) is 2.57. The molecule has 2 aromatic rings. The van der Waals surface area contributed by atoms with Gasteiger partial charge in [0.1, 0.15) is 11.4 Å². The molecule has 4 aliphatic heterocycles. The highest BCUT2D eigenvalue weighted by Crippen LogP contribution is 2.60. The van der Waals surface area contributed by atoms with E-state index in [1.165, 1.54) is 24.3 Å². The molecular weight excluding hydrogens is 385 g/mol. The highest BCUT2D eigenvalue weighted by molar-refractivity contribution is 6.25. The van der Waals surface area contributed by atoms with Crippen LogP contribution in [-0.2, 0) is 19.9 Å². The smallest absolute Gasteiger partial charge is 0.250 e. The molecule has 0 unspecified atom stereocenters. The van der Waals surface area contributed by atoms with Gasteiger partial charge in [-0.3, -0.25) is 19.3 Å². The van der Waals surface area contributed by atoms with Crippen LogP contribution >= 0.6 is 0 Å². The molecule has 3 saturated heterocycles. The van der Waals surface area contributed by atoms with Crippen molar-refractivity contribution in [1.82, 2.24) is 4.90 Å². The molecule has 0 saturated carbocycles. The van der Waals surface area contributed by atoms with E-state index in [1.54, 1.807) is 0 Å². The van der Waals surface area contributed by atoms with E-state index in [0.29, 0.717) is 17.9 Å². The van der Waals surface area contributed by atoms with Crippen molar-refractivity contribution in [2.24, 2.45) is 11.8 Å². The van der Waals surface area contributed by atoms with Crippen molar-refractivity contribution in [1.29, 1.82) is 0 Å². The second-order valence-corrected chi connectivity index (χ2v) is 8.66. The number of carbonyl (C=O) groups is 3. The van der Waals surface area contributed by atoms with Crippen LogP contribution in [-0.4, -0.2) is 35.2 Å². The summed E-state index contributed by atoms with van der Waals surface area (Å²) in [6.07, 6.45) is 1.65. The second kappa shape index (κ2) is 5.76. The van der Waals surface area contributed by atoms with Crippen molar-refractivity contribution in [3.63, 3.8) is 0 Å². The molecule has 1 spiro atoms. The van der Waals surface area contributed by atoms with Crippen molar-refractivity contribution >= 4 is 29.1 Å². The summed E-state index contributed by atoms with van der Waals surface area (Å²) < 4.78 is 13.4. The fraction of sp³-hybridized carbons (Fsp3) is 0.348. The van der Waals surface area contributed by atoms with E-state index in [9.17, 15) is 18.8 Å². The monoisotopic (exact) mass is 405 g/mol. The van der Waals surface area contributed by atoms with Crippen molar-refractivity contribution in [3.8, 4) is 0 Å². The maximum absolute atomic E-state index is 13.7. The van der Waals surface area contributed by atoms with E-state index < -0.39 is 23.2 Å². The number of hydrogen-bond acceptors (Lipinski definition) is 4. The molecule has 4 atom stereocenters. The summed E-state index contributed by atoms with van der Waals surface area (Å²) in [5.74, 6) is -2.71. The first-order valence-corrected chi connectivity index (χ1v) is 10.3. The molecule has 152 valence electrons. The van der Waals surface area contributed by atoms with E-state index in [2.05, 4.69) is 10.2 Å². The molecule has 3 amide bonds. The van der Waals surface area contributed by atoms with Gasteiger partial charge in [-0.05, 0) is 56.6 Å². The molecule has 6 nitrogen and oxygen atoms in total. The van der Waals surface area contributed by atoms with Gasteiger partial charge in [-0.1, -0.05) is 17.7 Å². The molecular formula is C23H20FN3O3. The number of aryl methyl sites for hydroxylation is 1. The standard InChI is InChI=1S/C23H20FN3O3/c1-12-4-9-16-15(11-12)23(22(30)25-16)19-18(17-3-2-10-26(17)23)20(28)27(21(19)29)14-7-5-13(24)6-8-14/h4-9,11,17-19H,2-3,10H2,1H3,(H,25,30)/t17-,18+,19+,23-/m1/s1. The molecule has 6 rings (SSSR count). The highest BCUT2D eigenvalue weighted by atomic mass is 19.1. The zero-order valence-electron chi connectivity index (χ0n) is 16.4. The Bertz CT molecular complexity index is 1130. The van der Waals surface area contributed by atoms with E-state index in [0.717, 1.165) is 28.9 Å². The first kappa shape index (κ1) is 17.8. The van der Waals surface area contributed by atoms with Gasteiger partial charge in [0.05, 0.1) is 17.5 Å². The van der Waals surface area contributed by atoms with Gasteiger partial charge in [0.2, 0.25) is 17.7 Å². The molecule has 2 aromatic carbocycles. The van der Waals surface area contributed by atoms with Crippen molar-refractivity contribution in [2.75, 3.05) is 16.8 Å². The first-order chi connectivity index (χ1) is 14.4. The lowest BCUT2D eigenvalue weighted by atomic mass is 9.75. The summed E-state index contributed by atoms with van der Waals surface area (Å²) in [5, 5.41) is 2.97. The number of amides is 3. The molecule has 4 heterocycles. The number of hydrogen-bond donors (Lipinski definition) is 1. The van der Waals surface area contributed by atoms with Crippen LogP contribution in [0.15, 0.2) is 42.5 Å². The van der Waals surface area contributed by atoms with Gasteiger partial charge in [0.15, 0.2) is 0 Å². The molecule has 1 N–H and O–H groups in total. The average Bonchev–Trinajstić information content (AvgIpc) is 3.42. The Kier molecular flexibility index (Phi) is 3.41. The number of anilines is 2. The maximum atomic E-state index is 13.7. The Morgan fingerprint density at radius 2 is 1.83 bits per heavy atom. The van der Waals surface area contributed by atoms with Crippen LogP contribution in [0.2, 0.25) is 0 Å². The van der Waals surface area contributed by atoms with Gasteiger partial charge in [0, 0.05) is 17.3 Å². The van der Waals surface area contributed by atoms with Crippen molar-refractivity contribution in [3.05, 3.63) is 59.4 Å². The SMILES string of the molecule is Cc1ccc2c(c1)[C@]1(C(=O)N2)[C@@H]2C(=O)N(c3ccc(F)cc3)C(=O)[C@H]2[C@H]2CCCN21. The summed E-state index contributed by atoms with van der Waals surface area (Å²) >= 11 is 0. The summed E-state index contributed by atoms with van der Waals surface area (Å²) in [4.78, 5) is 44.0. The summed E-state index contributed by atoms with van der Waals surface area (Å²) in [7, 11) is 0. The van der Waals surface area contributed by atoms with Crippen molar-refractivity contribution in [2.45, 2.75) is 31.3 Å². The van der Waals surface area contributed by atoms with Gasteiger partial charge in [-0.2, -0.15) is 0 Å². The lowest BCUT2D eigenvalue weighted by Gasteiger charge is -2.36. The Balaban J connectivity index is 1.56. The minimum atomic E-state index is -1.17. The molecule has 3 fully saturated rings. The number of halogens is 1. The van der Waals surface area contributed by atoms with E-state index >= 15 is 0 Å². The topological polar surface area (TPSA) is 69.7 Å². The number of nitrogens with one attached hydrogen (secondary N) is 1. The Morgan fingerprint density at radius 1 is 1.07 bits per heavy atom. The number of benzene rings is 2. The Labute approximate surface area is 172 Å². The molecule has 4 aliphatic rings. The van der Waals surface area contributed by atoms with Crippen LogP contribution < -0.4 is 10.2 Å². The fourth-order valence-electron chi connectivity index (χ4n) is 6.16.